The quantitative estimate of drug-likeness (QED) is 0.495. The lowest BCUT2D eigenvalue weighted by molar-refractivity contribution is 0.413. The van der Waals surface area contributed by atoms with Gasteiger partial charge in [-0.05, 0) is 25.0 Å². The fourth-order valence-electron chi connectivity index (χ4n) is 1.62. The summed E-state index contributed by atoms with van der Waals surface area (Å²) in [6.07, 6.45) is 0. The number of hydrogen-bond acceptors (Lipinski definition) is 1. The van der Waals surface area contributed by atoms with Crippen LogP contribution in [0.15, 0.2) is 0 Å². The molecule has 0 amide bonds. The van der Waals surface area contributed by atoms with Gasteiger partial charge in [0.15, 0.2) is 0 Å². The lowest BCUT2D eigenvalue weighted by Crippen LogP contribution is -2.20. The first-order chi connectivity index (χ1) is 4.55. The van der Waals surface area contributed by atoms with Gasteiger partial charge in [-0.15, -0.1) is 0 Å². The Balaban J connectivity index is 2.68. The summed E-state index contributed by atoms with van der Waals surface area (Å²) in [5, 5.41) is 0.815. The van der Waals surface area contributed by atoms with Crippen molar-refractivity contribution in [2.75, 3.05) is 0 Å². The summed E-state index contributed by atoms with van der Waals surface area (Å²) in [6, 6.07) is 0. The van der Waals surface area contributed by atoms with Gasteiger partial charge >= 0.3 is 0 Å². The highest BCUT2D eigenvalue weighted by Gasteiger charge is 2.44. The lowest BCUT2D eigenvalue weighted by atomic mass is 9.92. The van der Waals surface area contributed by atoms with Gasteiger partial charge < -0.3 is 4.55 Å². The van der Waals surface area contributed by atoms with Crippen LogP contribution in [0.5, 0.6) is 0 Å². The molecule has 60 valence electrons. The molecule has 1 heterocycles. The van der Waals surface area contributed by atoms with Crippen molar-refractivity contribution in [3.63, 3.8) is 0 Å². The second-order valence-corrected chi connectivity index (χ2v) is 5.60. The van der Waals surface area contributed by atoms with E-state index in [1.807, 2.05) is 0 Å². The maximum Gasteiger partial charge on any atom is 0.116 e. The maximum absolute atomic E-state index is 11.4. The summed E-state index contributed by atoms with van der Waals surface area (Å²) in [5.41, 5.74) is 0. The summed E-state index contributed by atoms with van der Waals surface area (Å²) >= 11 is -0.573. The molecule has 2 heteroatoms. The lowest BCUT2D eigenvalue weighted by Gasteiger charge is -2.13. The number of hydrogen-bond donors (Lipinski definition) is 0. The fourth-order valence-corrected chi connectivity index (χ4v) is 3.64. The maximum atomic E-state index is 11.4. The smallest absolute Gasteiger partial charge is 0.116 e. The molecule has 0 spiro atoms. The van der Waals surface area contributed by atoms with Crippen molar-refractivity contribution in [1.82, 2.24) is 0 Å². The summed E-state index contributed by atoms with van der Waals surface area (Å²) in [5.74, 6) is 1.27. The van der Waals surface area contributed by atoms with E-state index in [4.69, 9.17) is 0 Å². The van der Waals surface area contributed by atoms with Crippen LogP contribution in [0.1, 0.15) is 27.7 Å². The highest BCUT2D eigenvalue weighted by molar-refractivity contribution is 7.92. The Morgan fingerprint density at radius 3 is 1.30 bits per heavy atom. The van der Waals surface area contributed by atoms with Crippen LogP contribution in [0.25, 0.3) is 0 Å². The van der Waals surface area contributed by atoms with Crippen molar-refractivity contribution >= 4 is 11.2 Å². The molecule has 0 aliphatic carbocycles. The van der Waals surface area contributed by atoms with E-state index in [-0.39, 0.29) is 0 Å². The third-order valence-electron chi connectivity index (χ3n) is 3.04. The van der Waals surface area contributed by atoms with Crippen molar-refractivity contribution in [2.45, 2.75) is 38.2 Å². The fraction of sp³-hybridized carbons (Fsp3) is 1.00. The molecular weight excluding hydrogens is 144 g/mol. The Morgan fingerprint density at radius 2 is 1.20 bits per heavy atom. The van der Waals surface area contributed by atoms with E-state index in [2.05, 4.69) is 27.7 Å². The molecule has 0 aromatic rings. The van der Waals surface area contributed by atoms with E-state index < -0.39 is 11.2 Å². The van der Waals surface area contributed by atoms with E-state index in [0.717, 1.165) is 0 Å². The second-order valence-electron chi connectivity index (χ2n) is 3.46. The van der Waals surface area contributed by atoms with Crippen LogP contribution < -0.4 is 0 Å². The molecule has 1 nitrogen and oxygen atoms in total. The third kappa shape index (κ3) is 1.08. The van der Waals surface area contributed by atoms with E-state index in [9.17, 15) is 4.55 Å². The highest BCUT2D eigenvalue weighted by Crippen LogP contribution is 2.36. The second kappa shape index (κ2) is 2.74. The van der Waals surface area contributed by atoms with Crippen LogP contribution in [0.2, 0.25) is 0 Å². The van der Waals surface area contributed by atoms with Crippen LogP contribution in [-0.4, -0.2) is 15.1 Å². The monoisotopic (exact) mass is 160 g/mol. The Kier molecular flexibility index (Phi) is 2.31. The molecule has 0 aromatic heterocycles. The number of rotatable bonds is 0. The zero-order chi connectivity index (χ0) is 7.89. The van der Waals surface area contributed by atoms with Gasteiger partial charge in [0, 0.05) is 11.8 Å². The first-order valence-electron chi connectivity index (χ1n) is 3.95. The molecule has 1 saturated heterocycles. The van der Waals surface area contributed by atoms with Crippen LogP contribution in [0.4, 0.5) is 0 Å². The zero-order valence-corrected chi connectivity index (χ0v) is 7.94. The van der Waals surface area contributed by atoms with Crippen LogP contribution >= 0.6 is 0 Å². The first-order valence-corrected chi connectivity index (χ1v) is 5.22. The van der Waals surface area contributed by atoms with Gasteiger partial charge in [0.2, 0.25) is 0 Å². The van der Waals surface area contributed by atoms with E-state index in [1.54, 1.807) is 0 Å². The molecule has 1 fully saturated rings. The van der Waals surface area contributed by atoms with Gasteiger partial charge in [-0.1, -0.05) is 13.8 Å². The Labute approximate surface area is 66.4 Å². The Hall–Kier alpha value is 0.310. The van der Waals surface area contributed by atoms with E-state index in [1.165, 1.54) is 0 Å². The van der Waals surface area contributed by atoms with Crippen molar-refractivity contribution < 1.29 is 4.55 Å². The molecular formula is C8H16OS. The molecule has 1 rings (SSSR count). The molecule has 1 aliphatic rings. The molecule has 10 heavy (non-hydrogen) atoms. The molecule has 0 saturated carbocycles. The van der Waals surface area contributed by atoms with Gasteiger partial charge in [0.25, 0.3) is 0 Å². The third-order valence-corrected chi connectivity index (χ3v) is 5.37. The van der Waals surface area contributed by atoms with E-state index in [0.29, 0.717) is 22.3 Å². The minimum atomic E-state index is -0.573. The van der Waals surface area contributed by atoms with Gasteiger partial charge in [0.1, 0.15) is 10.5 Å². The summed E-state index contributed by atoms with van der Waals surface area (Å²) in [7, 11) is 0. The average Bonchev–Trinajstić information content (AvgIpc) is 2.07. The minimum Gasteiger partial charge on any atom is -0.616 e. The van der Waals surface area contributed by atoms with Crippen molar-refractivity contribution in [3.05, 3.63) is 0 Å². The minimum absolute atomic E-state index is 0.407. The predicted molar refractivity (Wildman–Crippen MR) is 45.4 cm³/mol. The Morgan fingerprint density at radius 1 is 0.900 bits per heavy atom. The molecule has 0 bridgehead atoms. The first kappa shape index (κ1) is 8.41. The molecule has 1 aliphatic heterocycles. The van der Waals surface area contributed by atoms with E-state index >= 15 is 0 Å². The predicted octanol–water partition coefficient (Wildman–Crippen LogP) is 1.80. The van der Waals surface area contributed by atoms with Crippen LogP contribution in [-0.2, 0) is 11.2 Å². The summed E-state index contributed by atoms with van der Waals surface area (Å²) in [4.78, 5) is 0. The highest BCUT2D eigenvalue weighted by atomic mass is 32.2. The standard InChI is InChI=1S/C8H16OS/c1-5-6(2)8(4)10(9)7(5)3/h5-8H,1-4H3. The molecule has 4 atom stereocenters. The topological polar surface area (TPSA) is 23.1 Å². The van der Waals surface area contributed by atoms with Crippen molar-refractivity contribution in [1.29, 1.82) is 0 Å². The van der Waals surface area contributed by atoms with Crippen LogP contribution in [0.3, 0.4) is 0 Å². The molecule has 0 radical (unpaired) electrons. The molecule has 0 aromatic carbocycles. The Bertz CT molecular complexity index is 81.6. The SMILES string of the molecule is CC1C(C)C(C)[S+]([O-])C1C. The van der Waals surface area contributed by atoms with Gasteiger partial charge in [-0.3, -0.25) is 0 Å². The molecule has 4 unspecified atom stereocenters. The summed E-state index contributed by atoms with van der Waals surface area (Å²) < 4.78 is 11.4. The van der Waals surface area contributed by atoms with Gasteiger partial charge in [-0.2, -0.15) is 0 Å². The van der Waals surface area contributed by atoms with Crippen molar-refractivity contribution in [2.24, 2.45) is 11.8 Å². The largest absolute Gasteiger partial charge is 0.616 e. The van der Waals surface area contributed by atoms with Gasteiger partial charge in [-0.25, -0.2) is 0 Å². The average molecular weight is 160 g/mol. The summed E-state index contributed by atoms with van der Waals surface area (Å²) in [6.45, 7) is 8.61. The van der Waals surface area contributed by atoms with Gasteiger partial charge in [0.05, 0.1) is 0 Å². The normalized spacial score (nSPS) is 55.5. The zero-order valence-electron chi connectivity index (χ0n) is 7.13. The van der Waals surface area contributed by atoms with Crippen molar-refractivity contribution in [3.8, 4) is 0 Å². The van der Waals surface area contributed by atoms with Crippen LogP contribution in [0, 0.1) is 11.8 Å². The molecule has 0 N–H and O–H groups in total.